The maximum atomic E-state index is 11.2. The summed E-state index contributed by atoms with van der Waals surface area (Å²) in [5.74, 6) is 1.36. The number of aromatic amines is 1. The molecule has 1 fully saturated rings. The Labute approximate surface area is 227 Å². The molecule has 1 saturated heterocycles. The highest BCUT2D eigenvalue weighted by Gasteiger charge is 2.24. The fourth-order valence-corrected chi connectivity index (χ4v) is 5.46. The van der Waals surface area contributed by atoms with Gasteiger partial charge in [-0.2, -0.15) is 0 Å². The number of aromatic nitrogens is 1. The van der Waals surface area contributed by atoms with Gasteiger partial charge >= 0.3 is 0 Å². The van der Waals surface area contributed by atoms with E-state index in [0.29, 0.717) is 17.4 Å². The lowest BCUT2D eigenvalue weighted by molar-refractivity contribution is 0.132. The Morgan fingerprint density at radius 2 is 1.77 bits per heavy atom. The summed E-state index contributed by atoms with van der Waals surface area (Å²) in [5, 5.41) is 17.5. The highest BCUT2D eigenvalue weighted by molar-refractivity contribution is 6.01. The van der Waals surface area contributed by atoms with Gasteiger partial charge in [-0.3, -0.25) is 0 Å². The van der Waals surface area contributed by atoms with E-state index in [1.165, 1.54) is 0 Å². The van der Waals surface area contributed by atoms with E-state index in [1.807, 2.05) is 54.6 Å². The zero-order chi connectivity index (χ0) is 26.8. The molecule has 0 amide bonds. The number of hydrogen-bond acceptors (Lipinski definition) is 7. The molecule has 0 saturated carbocycles. The van der Waals surface area contributed by atoms with Crippen molar-refractivity contribution in [3.05, 3.63) is 94.4 Å². The molecule has 2 aliphatic rings. The van der Waals surface area contributed by atoms with E-state index in [0.717, 1.165) is 83.3 Å². The maximum absolute atomic E-state index is 11.2. The van der Waals surface area contributed by atoms with Crippen LogP contribution in [0.25, 0.3) is 16.5 Å². The molecule has 1 aromatic heterocycles. The van der Waals surface area contributed by atoms with E-state index < -0.39 is 0 Å². The smallest absolute Gasteiger partial charge is 0.197 e. The summed E-state index contributed by atoms with van der Waals surface area (Å²) in [6, 6.07) is 22.2. The van der Waals surface area contributed by atoms with Gasteiger partial charge in [0, 0.05) is 54.9 Å². The number of para-hydroxylation sites is 2. The molecule has 200 valence electrons. The van der Waals surface area contributed by atoms with Crippen molar-refractivity contribution in [2.24, 2.45) is 9.98 Å². The number of rotatable bonds is 8. The Morgan fingerprint density at radius 1 is 1.00 bits per heavy atom. The minimum absolute atomic E-state index is 0.0836. The number of aromatic hydroxyl groups is 1. The first-order valence-corrected chi connectivity index (χ1v) is 13.4. The number of benzene rings is 3. The van der Waals surface area contributed by atoms with Crippen LogP contribution in [0.5, 0.6) is 11.6 Å². The molecule has 3 N–H and O–H groups in total. The highest BCUT2D eigenvalue weighted by Crippen LogP contribution is 2.41. The van der Waals surface area contributed by atoms with Crippen molar-refractivity contribution in [3.8, 4) is 11.6 Å². The van der Waals surface area contributed by atoms with E-state index in [9.17, 15) is 5.11 Å². The lowest BCUT2D eigenvalue weighted by Gasteiger charge is -2.32. The molecule has 39 heavy (non-hydrogen) atoms. The Morgan fingerprint density at radius 3 is 2.49 bits per heavy atom. The highest BCUT2D eigenvalue weighted by atomic mass is 16.5. The van der Waals surface area contributed by atoms with Gasteiger partial charge in [-0.05, 0) is 60.9 Å². The van der Waals surface area contributed by atoms with Gasteiger partial charge in [0.25, 0.3) is 0 Å². The van der Waals surface area contributed by atoms with Crippen LogP contribution in [0.3, 0.4) is 0 Å². The minimum Gasteiger partial charge on any atom is -0.497 e. The number of H-pyrrole nitrogens is 1. The minimum atomic E-state index is 0.0836. The third-order valence-corrected chi connectivity index (χ3v) is 7.52. The Balaban J connectivity index is 1.41. The molecule has 2 aliphatic heterocycles. The number of fused-ring (bicyclic) bond motifs is 2. The molecule has 0 radical (unpaired) electrons. The van der Waals surface area contributed by atoms with Crippen molar-refractivity contribution >= 4 is 22.2 Å². The monoisotopic (exact) mass is 523 g/mol. The quantitative estimate of drug-likeness (QED) is 0.324. The van der Waals surface area contributed by atoms with Gasteiger partial charge < -0.3 is 29.8 Å². The summed E-state index contributed by atoms with van der Waals surface area (Å²) in [6.45, 7) is 3.84. The van der Waals surface area contributed by atoms with E-state index in [2.05, 4.69) is 27.3 Å². The topological polar surface area (TPSA) is 94.5 Å². The molecular weight excluding hydrogens is 490 g/mol. The fourth-order valence-electron chi connectivity index (χ4n) is 5.46. The number of hydrogen-bond donors (Lipinski definition) is 3. The van der Waals surface area contributed by atoms with Crippen LogP contribution in [0.4, 0.5) is 5.69 Å². The number of nitrogens with zero attached hydrogens (tertiary/aromatic N) is 3. The van der Waals surface area contributed by atoms with Crippen molar-refractivity contribution in [3.63, 3.8) is 0 Å². The predicted octanol–water partition coefficient (Wildman–Crippen LogP) is 4.07. The third-order valence-electron chi connectivity index (χ3n) is 7.52. The average molecular weight is 524 g/mol. The zero-order valence-electron chi connectivity index (χ0n) is 22.3. The van der Waals surface area contributed by atoms with Crippen LogP contribution >= 0.6 is 0 Å². The van der Waals surface area contributed by atoms with Gasteiger partial charge in [0.05, 0.1) is 30.0 Å². The molecule has 0 unspecified atom stereocenters. The molecule has 0 bridgehead atoms. The zero-order valence-corrected chi connectivity index (χ0v) is 22.3. The van der Waals surface area contributed by atoms with Crippen molar-refractivity contribution in [2.75, 3.05) is 45.8 Å². The van der Waals surface area contributed by atoms with Crippen LogP contribution in [-0.4, -0.2) is 61.5 Å². The van der Waals surface area contributed by atoms with E-state index in [-0.39, 0.29) is 5.88 Å². The first-order chi connectivity index (χ1) is 19.1. The van der Waals surface area contributed by atoms with Crippen LogP contribution in [-0.2, 0) is 4.74 Å². The predicted molar refractivity (Wildman–Crippen MR) is 153 cm³/mol. The summed E-state index contributed by atoms with van der Waals surface area (Å²) < 4.78 is 10.8. The average Bonchev–Trinajstić information content (AvgIpc) is 3.53. The Kier molecular flexibility index (Phi) is 7.04. The van der Waals surface area contributed by atoms with Crippen molar-refractivity contribution in [1.29, 1.82) is 0 Å². The van der Waals surface area contributed by atoms with Crippen LogP contribution in [0.1, 0.15) is 24.0 Å². The van der Waals surface area contributed by atoms with E-state index in [1.54, 1.807) is 14.2 Å². The molecule has 0 spiro atoms. The largest absolute Gasteiger partial charge is 0.497 e. The van der Waals surface area contributed by atoms with Gasteiger partial charge in [-0.25, -0.2) is 9.98 Å². The molecular formula is C31H33N5O3. The van der Waals surface area contributed by atoms with Crippen LogP contribution in [0.15, 0.2) is 82.5 Å². The molecule has 0 aliphatic carbocycles. The number of nitrogens with one attached hydrogen (secondary N) is 2. The van der Waals surface area contributed by atoms with Gasteiger partial charge in [-0.15, -0.1) is 0 Å². The van der Waals surface area contributed by atoms with Crippen molar-refractivity contribution in [1.82, 2.24) is 9.88 Å². The van der Waals surface area contributed by atoms with Gasteiger partial charge in [0.15, 0.2) is 11.7 Å². The van der Waals surface area contributed by atoms with Crippen LogP contribution in [0.2, 0.25) is 0 Å². The SMILES string of the molecule is COCCN1CCC(Nc2ccc3[nH]c(O)c(C(=C4N=c5ccccc5=N4)c4cccc(OC)c4)c3c2)CC1. The Bertz CT molecular complexity index is 1610. The summed E-state index contributed by atoms with van der Waals surface area (Å²) in [6.07, 6.45) is 2.14. The number of piperidine rings is 1. The lowest BCUT2D eigenvalue weighted by Crippen LogP contribution is -2.40. The Hall–Kier alpha value is -4.14. The van der Waals surface area contributed by atoms with Crippen LogP contribution in [0, 0.1) is 0 Å². The summed E-state index contributed by atoms with van der Waals surface area (Å²) in [7, 11) is 3.40. The first-order valence-electron chi connectivity index (χ1n) is 13.4. The molecule has 8 heteroatoms. The summed E-state index contributed by atoms with van der Waals surface area (Å²) in [5.41, 5.74) is 4.15. The van der Waals surface area contributed by atoms with Crippen molar-refractivity contribution in [2.45, 2.75) is 18.9 Å². The second kappa shape index (κ2) is 10.9. The second-order valence-corrected chi connectivity index (χ2v) is 10.0. The molecule has 3 aromatic carbocycles. The molecule has 4 aromatic rings. The summed E-state index contributed by atoms with van der Waals surface area (Å²) >= 11 is 0. The molecule has 0 atom stereocenters. The number of likely N-dealkylation sites (tertiary alicyclic amines) is 1. The summed E-state index contributed by atoms with van der Waals surface area (Å²) in [4.78, 5) is 15.3. The van der Waals surface area contributed by atoms with Gasteiger partial charge in [-0.1, -0.05) is 24.3 Å². The van der Waals surface area contributed by atoms with Crippen LogP contribution < -0.4 is 20.8 Å². The number of methoxy groups -OCH3 is 2. The number of ether oxygens (including phenoxy) is 2. The number of anilines is 1. The molecule has 3 heterocycles. The second-order valence-electron chi connectivity index (χ2n) is 10.0. The van der Waals surface area contributed by atoms with Gasteiger partial charge in [0.1, 0.15) is 5.75 Å². The first kappa shape index (κ1) is 25.2. The lowest BCUT2D eigenvalue weighted by atomic mass is 9.96. The normalized spacial score (nSPS) is 15.6. The third kappa shape index (κ3) is 5.13. The van der Waals surface area contributed by atoms with E-state index >= 15 is 0 Å². The van der Waals surface area contributed by atoms with Crippen molar-refractivity contribution < 1.29 is 14.6 Å². The fraction of sp³-hybridized carbons (Fsp3) is 0.290. The maximum Gasteiger partial charge on any atom is 0.197 e. The molecule has 8 nitrogen and oxygen atoms in total. The van der Waals surface area contributed by atoms with Gasteiger partial charge in [0.2, 0.25) is 0 Å². The van der Waals surface area contributed by atoms with E-state index in [4.69, 9.17) is 19.5 Å². The molecule has 6 rings (SSSR count). The standard InChI is InChI=1S/C31H33N5O3/c1-38-17-16-36-14-12-21(13-15-36)32-22-10-11-25-24(19-22)29(31(37)35-25)28(20-6-5-7-23(18-20)39-2)30-33-26-8-3-4-9-27(26)34-30/h3-11,18-19,21,32,35,37H,12-17H2,1-2H3.